The van der Waals surface area contributed by atoms with E-state index in [-0.39, 0.29) is 0 Å². The molecule has 10 rings (SSSR count). The number of nitrogens with zero attached hydrogens (tertiary/aromatic N) is 5. The van der Waals surface area contributed by atoms with E-state index in [1.165, 1.54) is 43.6 Å². The van der Waals surface area contributed by atoms with E-state index in [4.69, 9.17) is 4.98 Å². The highest BCUT2D eigenvalue weighted by molar-refractivity contribution is 6.24. The molecule has 5 heteroatoms. The van der Waals surface area contributed by atoms with Crippen molar-refractivity contribution in [1.29, 1.82) is 0 Å². The van der Waals surface area contributed by atoms with Crippen LogP contribution in [0.2, 0.25) is 0 Å². The predicted octanol–water partition coefficient (Wildman–Crippen LogP) is 9.77. The Balaban J connectivity index is 1.38. The molecule has 0 bridgehead atoms. The Kier molecular flexibility index (Phi) is 4.93. The highest BCUT2D eigenvalue weighted by Crippen LogP contribution is 2.42. The van der Waals surface area contributed by atoms with Crippen molar-refractivity contribution in [2.45, 2.75) is 0 Å². The minimum absolute atomic E-state index is 0.900. The number of hydrogen-bond acceptors (Lipinski definition) is 2. The summed E-state index contributed by atoms with van der Waals surface area (Å²) in [6.07, 6.45) is 3.57. The topological polar surface area (TPSA) is 40.6 Å². The first kappa shape index (κ1) is 24.3. The molecule has 0 aliphatic rings. The number of rotatable bonds is 3. The molecule has 0 amide bonds. The summed E-state index contributed by atoms with van der Waals surface area (Å²) in [6.45, 7) is 0. The van der Waals surface area contributed by atoms with Crippen molar-refractivity contribution in [1.82, 2.24) is 23.7 Å². The monoisotopic (exact) mass is 575 g/mol. The zero-order chi connectivity index (χ0) is 29.5. The molecule has 45 heavy (non-hydrogen) atoms. The fourth-order valence-corrected chi connectivity index (χ4v) is 7.33. The van der Waals surface area contributed by atoms with Gasteiger partial charge in [-0.1, -0.05) is 84.9 Å². The number of fused-ring (bicyclic) bond motifs is 10. The molecule has 210 valence electrons. The van der Waals surface area contributed by atoms with Crippen molar-refractivity contribution < 1.29 is 0 Å². The Morgan fingerprint density at radius 3 is 1.56 bits per heavy atom. The number of aromatic nitrogens is 5. The molecule has 0 radical (unpaired) electrons. The van der Waals surface area contributed by atoms with E-state index in [2.05, 4.69) is 152 Å². The lowest BCUT2D eigenvalue weighted by Crippen LogP contribution is -1.99. The van der Waals surface area contributed by atoms with Gasteiger partial charge in [0.05, 0.1) is 27.6 Å². The van der Waals surface area contributed by atoms with E-state index in [0.717, 1.165) is 39.0 Å². The second kappa shape index (κ2) is 9.15. The second-order valence-corrected chi connectivity index (χ2v) is 11.5. The first-order chi connectivity index (χ1) is 22.4. The average Bonchev–Trinajstić information content (AvgIpc) is 3.74. The Bertz CT molecular complexity index is 2750. The van der Waals surface area contributed by atoms with Gasteiger partial charge in [-0.25, -0.2) is 9.97 Å². The second-order valence-electron chi connectivity index (χ2n) is 11.5. The molecule has 0 fully saturated rings. The van der Waals surface area contributed by atoms with Crippen LogP contribution in [0.5, 0.6) is 0 Å². The summed E-state index contributed by atoms with van der Waals surface area (Å²) in [5.41, 5.74) is 10.1. The van der Waals surface area contributed by atoms with Gasteiger partial charge in [0.25, 0.3) is 0 Å². The molecule has 0 N–H and O–H groups in total. The van der Waals surface area contributed by atoms with Gasteiger partial charge in [-0.15, -0.1) is 0 Å². The molecule has 5 nitrogen and oxygen atoms in total. The van der Waals surface area contributed by atoms with Crippen LogP contribution in [0, 0.1) is 0 Å². The van der Waals surface area contributed by atoms with E-state index < -0.39 is 0 Å². The minimum Gasteiger partial charge on any atom is -0.307 e. The van der Waals surface area contributed by atoms with Crippen LogP contribution in [0.15, 0.2) is 152 Å². The molecular weight excluding hydrogens is 550 g/mol. The maximum atomic E-state index is 4.74. The van der Waals surface area contributed by atoms with Crippen molar-refractivity contribution in [3.05, 3.63) is 152 Å². The highest BCUT2D eigenvalue weighted by Gasteiger charge is 2.22. The quantitative estimate of drug-likeness (QED) is 0.210. The van der Waals surface area contributed by atoms with Crippen molar-refractivity contribution >= 4 is 65.5 Å². The lowest BCUT2D eigenvalue weighted by atomic mass is 10.1. The van der Waals surface area contributed by atoms with Crippen LogP contribution in [0.3, 0.4) is 0 Å². The highest BCUT2D eigenvalue weighted by atomic mass is 15.1. The summed E-state index contributed by atoms with van der Waals surface area (Å²) in [6, 6.07) is 50.0. The Labute approximate surface area is 257 Å². The van der Waals surface area contributed by atoms with Gasteiger partial charge in [-0.3, -0.25) is 4.57 Å². The van der Waals surface area contributed by atoms with Gasteiger partial charge in [0.1, 0.15) is 12.0 Å². The average molecular weight is 576 g/mol. The van der Waals surface area contributed by atoms with Gasteiger partial charge in [0.2, 0.25) is 0 Å². The molecule has 0 spiro atoms. The molecule has 6 aromatic carbocycles. The van der Waals surface area contributed by atoms with Gasteiger partial charge in [0.15, 0.2) is 0 Å². The fourth-order valence-electron chi connectivity index (χ4n) is 7.33. The van der Waals surface area contributed by atoms with Gasteiger partial charge in [0, 0.05) is 55.6 Å². The van der Waals surface area contributed by atoms with Crippen LogP contribution in [-0.2, 0) is 0 Å². The molecule has 4 aromatic heterocycles. The Hall–Kier alpha value is -6.20. The van der Waals surface area contributed by atoms with E-state index >= 15 is 0 Å². The summed E-state index contributed by atoms with van der Waals surface area (Å²) in [5.74, 6) is 0. The third-order valence-electron chi connectivity index (χ3n) is 9.17. The van der Waals surface area contributed by atoms with Crippen LogP contribution in [0.25, 0.3) is 82.6 Å². The van der Waals surface area contributed by atoms with Crippen LogP contribution >= 0.6 is 0 Å². The zero-order valence-corrected chi connectivity index (χ0v) is 24.2. The van der Waals surface area contributed by atoms with Gasteiger partial charge < -0.3 is 9.13 Å². The largest absolute Gasteiger partial charge is 0.307 e. The fraction of sp³-hybridized carbons (Fsp3) is 0. The summed E-state index contributed by atoms with van der Waals surface area (Å²) < 4.78 is 7.10. The molecule has 0 unspecified atom stereocenters. The first-order valence-corrected chi connectivity index (χ1v) is 15.2. The number of para-hydroxylation sites is 4. The molecule has 0 aliphatic heterocycles. The van der Waals surface area contributed by atoms with Crippen molar-refractivity contribution in [2.75, 3.05) is 0 Å². The van der Waals surface area contributed by atoms with Gasteiger partial charge in [-0.2, -0.15) is 0 Å². The summed E-state index contributed by atoms with van der Waals surface area (Å²) in [7, 11) is 0. The van der Waals surface area contributed by atoms with Gasteiger partial charge >= 0.3 is 0 Å². The van der Waals surface area contributed by atoms with Crippen LogP contribution < -0.4 is 0 Å². The normalized spacial score (nSPS) is 12.0. The number of benzene rings is 6. The molecule has 0 aliphatic carbocycles. The first-order valence-electron chi connectivity index (χ1n) is 15.2. The van der Waals surface area contributed by atoms with E-state index in [1.54, 1.807) is 6.33 Å². The van der Waals surface area contributed by atoms with E-state index in [1.807, 2.05) is 12.3 Å². The van der Waals surface area contributed by atoms with Crippen LogP contribution in [0.1, 0.15) is 0 Å². The third kappa shape index (κ3) is 3.32. The van der Waals surface area contributed by atoms with Crippen LogP contribution in [0.4, 0.5) is 0 Å². The number of hydrogen-bond donors (Lipinski definition) is 0. The van der Waals surface area contributed by atoms with Crippen LogP contribution in [-0.4, -0.2) is 23.7 Å². The zero-order valence-electron chi connectivity index (χ0n) is 24.2. The van der Waals surface area contributed by atoms with Crippen molar-refractivity contribution in [2.24, 2.45) is 0 Å². The standard InChI is InChI=1S/C40H25N5/c1-3-11-26(12-4-1)43-35-17-9-7-15-29(35)31-20-21-32-30-16-8-10-18-36(30)44(39(32)38(31)43)28-19-22-37-33(23-28)34-24-41-25-42-40(34)45(37)27-13-5-2-6-14-27/h1-25H. The smallest absolute Gasteiger partial charge is 0.148 e. The Morgan fingerprint density at radius 2 is 0.911 bits per heavy atom. The van der Waals surface area contributed by atoms with E-state index in [0.29, 0.717) is 0 Å². The third-order valence-corrected chi connectivity index (χ3v) is 9.17. The maximum Gasteiger partial charge on any atom is 0.148 e. The SMILES string of the molecule is c1ccc(-n2c3ccc(-n4c5ccccc5c5ccc6c7ccccc7n(-c7ccccc7)c6c54)cc3c3cncnc32)cc1. The Morgan fingerprint density at radius 1 is 0.378 bits per heavy atom. The van der Waals surface area contributed by atoms with Gasteiger partial charge in [-0.05, 0) is 54.6 Å². The predicted molar refractivity (Wildman–Crippen MR) is 185 cm³/mol. The molecule has 10 aromatic rings. The van der Waals surface area contributed by atoms with Crippen molar-refractivity contribution in [3.63, 3.8) is 0 Å². The molecule has 0 atom stereocenters. The molecule has 0 saturated carbocycles. The van der Waals surface area contributed by atoms with E-state index in [9.17, 15) is 0 Å². The lowest BCUT2D eigenvalue weighted by Gasteiger charge is -2.13. The molecule has 4 heterocycles. The maximum absolute atomic E-state index is 4.74. The summed E-state index contributed by atoms with van der Waals surface area (Å²) in [5, 5.41) is 7.09. The van der Waals surface area contributed by atoms with Crippen molar-refractivity contribution in [3.8, 4) is 17.1 Å². The lowest BCUT2D eigenvalue weighted by molar-refractivity contribution is 1.11. The molecular formula is C40H25N5. The summed E-state index contributed by atoms with van der Waals surface area (Å²) >= 11 is 0. The minimum atomic E-state index is 0.900. The molecule has 0 saturated heterocycles. The summed E-state index contributed by atoms with van der Waals surface area (Å²) in [4.78, 5) is 9.18.